The minimum Gasteiger partial charge on any atom is -0.452 e. The van der Waals surface area contributed by atoms with Gasteiger partial charge in [0.15, 0.2) is 0 Å². The van der Waals surface area contributed by atoms with Crippen LogP contribution in [-0.2, 0) is 25.0 Å². The number of rotatable bonds is 4. The Labute approximate surface area is 116 Å². The molecule has 0 radical (unpaired) electrons. The number of carbonyl (C=O) groups excluding carboxylic acids is 1. The van der Waals surface area contributed by atoms with Crippen molar-refractivity contribution in [3.05, 3.63) is 23.8 Å². The number of hydrogen-bond donors (Lipinski definition) is 3. The Kier molecular flexibility index (Phi) is 4.57. The van der Waals surface area contributed by atoms with Crippen LogP contribution < -0.4 is 14.6 Å². The predicted molar refractivity (Wildman–Crippen MR) is 70.6 cm³/mol. The molecule has 4 N–H and O–H groups in total. The van der Waals surface area contributed by atoms with E-state index in [1.807, 2.05) is 4.72 Å². The molecule has 11 heteroatoms. The molecule has 0 saturated heterocycles. The summed E-state index contributed by atoms with van der Waals surface area (Å²) in [6, 6.07) is 3.86. The molecule has 9 nitrogen and oxygen atoms in total. The van der Waals surface area contributed by atoms with Crippen molar-refractivity contribution in [2.75, 3.05) is 11.8 Å². The average molecular weight is 323 g/mol. The molecular formula is C9H13N3O6S2. The van der Waals surface area contributed by atoms with E-state index in [0.717, 1.165) is 7.11 Å². The van der Waals surface area contributed by atoms with Crippen LogP contribution >= 0.6 is 0 Å². The van der Waals surface area contributed by atoms with Gasteiger partial charge in [-0.3, -0.25) is 4.72 Å². The highest BCUT2D eigenvalue weighted by molar-refractivity contribution is 7.91. The van der Waals surface area contributed by atoms with E-state index in [4.69, 9.17) is 5.14 Å². The maximum absolute atomic E-state index is 11.6. The number of carbonyl (C=O) groups is 1. The van der Waals surface area contributed by atoms with Crippen LogP contribution in [0.2, 0.25) is 0 Å². The van der Waals surface area contributed by atoms with Gasteiger partial charge < -0.3 is 4.74 Å². The fourth-order valence-corrected chi connectivity index (χ4v) is 3.02. The monoisotopic (exact) mass is 323 g/mol. The van der Waals surface area contributed by atoms with Crippen molar-refractivity contribution < 1.29 is 26.4 Å². The van der Waals surface area contributed by atoms with Crippen LogP contribution in [-0.4, -0.2) is 30.0 Å². The third-order valence-electron chi connectivity index (χ3n) is 2.24. The Morgan fingerprint density at radius 3 is 2.35 bits per heavy atom. The van der Waals surface area contributed by atoms with Crippen LogP contribution in [0, 0.1) is 6.92 Å². The predicted octanol–water partition coefficient (Wildman–Crippen LogP) is -0.345. The summed E-state index contributed by atoms with van der Waals surface area (Å²) in [7, 11) is -7.23. The number of nitrogens with two attached hydrogens (primary N) is 1. The highest BCUT2D eigenvalue weighted by Gasteiger charge is 2.19. The first-order chi connectivity index (χ1) is 9.07. The van der Waals surface area contributed by atoms with Crippen LogP contribution in [0.1, 0.15) is 5.56 Å². The number of ether oxygens (including phenoxy) is 1. The quantitative estimate of drug-likeness (QED) is 0.691. The first-order valence-corrected chi connectivity index (χ1v) is 8.10. The zero-order chi connectivity index (χ0) is 15.6. The van der Waals surface area contributed by atoms with E-state index in [2.05, 4.69) is 4.74 Å². The van der Waals surface area contributed by atoms with Gasteiger partial charge in [0.05, 0.1) is 17.7 Å². The topological polar surface area (TPSA) is 145 Å². The van der Waals surface area contributed by atoms with Gasteiger partial charge in [-0.05, 0) is 24.6 Å². The van der Waals surface area contributed by atoms with Crippen molar-refractivity contribution in [3.63, 3.8) is 0 Å². The normalized spacial score (nSPS) is 11.8. The number of anilines is 1. The van der Waals surface area contributed by atoms with Gasteiger partial charge in [-0.25, -0.2) is 23.1 Å². The second kappa shape index (κ2) is 5.64. The Balaban J connectivity index is 3.15. The highest BCUT2D eigenvalue weighted by atomic mass is 32.2. The molecule has 0 aliphatic heterocycles. The molecule has 0 saturated carbocycles. The molecule has 20 heavy (non-hydrogen) atoms. The molecule has 1 aromatic rings. The number of primary sulfonamides is 1. The van der Waals surface area contributed by atoms with E-state index in [1.165, 1.54) is 25.1 Å². The van der Waals surface area contributed by atoms with Gasteiger partial charge in [-0.2, -0.15) is 8.42 Å². The van der Waals surface area contributed by atoms with Gasteiger partial charge in [0, 0.05) is 0 Å². The zero-order valence-electron chi connectivity index (χ0n) is 10.6. The van der Waals surface area contributed by atoms with Gasteiger partial charge >= 0.3 is 16.3 Å². The Morgan fingerprint density at radius 2 is 1.85 bits per heavy atom. The van der Waals surface area contributed by atoms with Crippen LogP contribution in [0.5, 0.6) is 0 Å². The number of nitrogens with one attached hydrogen (secondary N) is 2. The third-order valence-corrected chi connectivity index (χ3v) is 4.22. The first-order valence-electron chi connectivity index (χ1n) is 5.08. The van der Waals surface area contributed by atoms with Crippen LogP contribution in [0.3, 0.4) is 0 Å². The van der Waals surface area contributed by atoms with Gasteiger partial charge in [-0.1, -0.05) is 6.07 Å². The van der Waals surface area contributed by atoms with E-state index < -0.39 is 26.3 Å². The summed E-state index contributed by atoms with van der Waals surface area (Å²) in [5, 5.41) is 5.00. The second-order valence-corrected chi connectivity index (χ2v) is 6.62. The lowest BCUT2D eigenvalue weighted by Gasteiger charge is -2.12. The van der Waals surface area contributed by atoms with Crippen molar-refractivity contribution >= 4 is 32.0 Å². The van der Waals surface area contributed by atoms with Crippen LogP contribution in [0.25, 0.3) is 0 Å². The van der Waals surface area contributed by atoms with Crippen molar-refractivity contribution in [2.45, 2.75) is 11.8 Å². The molecule has 0 fully saturated rings. The van der Waals surface area contributed by atoms with E-state index in [-0.39, 0.29) is 16.1 Å². The average Bonchev–Trinajstić information content (AvgIpc) is 2.29. The summed E-state index contributed by atoms with van der Waals surface area (Å²) in [4.78, 5) is 10.6. The third kappa shape index (κ3) is 4.08. The Bertz CT molecular complexity index is 726. The SMILES string of the molecule is COC(=O)NS(=O)(=O)Nc1cccc(S(N)(=O)=O)c1C. The molecule has 0 aliphatic rings. The molecule has 112 valence electrons. The van der Waals surface area contributed by atoms with Gasteiger partial charge in [0.25, 0.3) is 0 Å². The maximum Gasteiger partial charge on any atom is 0.422 e. The molecule has 0 unspecified atom stereocenters. The molecule has 0 atom stereocenters. The number of methoxy groups -OCH3 is 1. The summed E-state index contributed by atoms with van der Waals surface area (Å²) in [6.45, 7) is 1.37. The molecule has 0 heterocycles. The fraction of sp³-hybridized carbons (Fsp3) is 0.222. The largest absolute Gasteiger partial charge is 0.452 e. The summed E-state index contributed by atoms with van der Waals surface area (Å²) in [5.41, 5.74) is 0.0677. The summed E-state index contributed by atoms with van der Waals surface area (Å²) >= 11 is 0. The second-order valence-electron chi connectivity index (χ2n) is 3.67. The first kappa shape index (κ1) is 16.2. The molecule has 0 aromatic heterocycles. The van der Waals surface area contributed by atoms with E-state index >= 15 is 0 Å². The zero-order valence-corrected chi connectivity index (χ0v) is 12.2. The van der Waals surface area contributed by atoms with Crippen molar-refractivity contribution in [3.8, 4) is 0 Å². The molecule has 0 aliphatic carbocycles. The number of benzene rings is 1. The summed E-state index contributed by atoms with van der Waals surface area (Å²) in [5.74, 6) is 0. The highest BCUT2D eigenvalue weighted by Crippen LogP contribution is 2.22. The molecule has 1 aromatic carbocycles. The number of sulfonamides is 1. The Morgan fingerprint density at radius 1 is 1.25 bits per heavy atom. The van der Waals surface area contributed by atoms with Crippen LogP contribution in [0.4, 0.5) is 10.5 Å². The molecular weight excluding hydrogens is 310 g/mol. The molecule has 1 amide bonds. The number of amides is 1. The van der Waals surface area contributed by atoms with Crippen LogP contribution in [0.15, 0.2) is 23.1 Å². The molecule has 1 rings (SSSR count). The fourth-order valence-electron chi connectivity index (χ4n) is 1.35. The smallest absolute Gasteiger partial charge is 0.422 e. The Hall–Kier alpha value is -1.85. The van der Waals surface area contributed by atoms with E-state index in [1.54, 1.807) is 4.72 Å². The summed E-state index contributed by atoms with van der Waals surface area (Å²) < 4.78 is 53.5. The van der Waals surface area contributed by atoms with Gasteiger partial charge in [0.2, 0.25) is 10.0 Å². The van der Waals surface area contributed by atoms with Gasteiger partial charge in [-0.15, -0.1) is 0 Å². The lowest BCUT2D eigenvalue weighted by atomic mass is 10.2. The summed E-state index contributed by atoms with van der Waals surface area (Å²) in [6.07, 6.45) is -1.18. The minimum atomic E-state index is -4.24. The lowest BCUT2D eigenvalue weighted by molar-refractivity contribution is 0.177. The van der Waals surface area contributed by atoms with Gasteiger partial charge in [0.1, 0.15) is 0 Å². The lowest BCUT2D eigenvalue weighted by Crippen LogP contribution is -2.35. The van der Waals surface area contributed by atoms with Crippen molar-refractivity contribution in [1.82, 2.24) is 4.72 Å². The van der Waals surface area contributed by atoms with E-state index in [9.17, 15) is 21.6 Å². The number of hydrogen-bond acceptors (Lipinski definition) is 6. The van der Waals surface area contributed by atoms with Crippen molar-refractivity contribution in [1.29, 1.82) is 0 Å². The van der Waals surface area contributed by atoms with E-state index in [0.29, 0.717) is 0 Å². The molecule has 0 bridgehead atoms. The van der Waals surface area contributed by atoms with Crippen molar-refractivity contribution in [2.24, 2.45) is 5.14 Å². The maximum atomic E-state index is 11.6. The standard InChI is InChI=1S/C9H13N3O6S2/c1-6-7(4-3-5-8(6)19(10,14)15)11-20(16,17)12-9(13)18-2/h3-5,11H,1-2H3,(H,12,13)(H2,10,14,15). The minimum absolute atomic E-state index is 0.0343. The molecule has 0 spiro atoms.